The Balaban J connectivity index is 1.64. The number of aromatic nitrogens is 1. The molecule has 1 saturated heterocycles. The summed E-state index contributed by atoms with van der Waals surface area (Å²) in [7, 11) is 2.05. The van der Waals surface area contributed by atoms with Crippen LogP contribution < -0.4 is 4.90 Å². The quantitative estimate of drug-likeness (QED) is 0.797. The molecule has 1 unspecified atom stereocenters. The molecule has 0 N–H and O–H groups in total. The van der Waals surface area contributed by atoms with Crippen LogP contribution in [0.15, 0.2) is 41.9 Å². The lowest BCUT2D eigenvalue weighted by Crippen LogP contribution is -2.48. The van der Waals surface area contributed by atoms with Crippen LogP contribution in [0.5, 0.6) is 0 Å². The summed E-state index contributed by atoms with van der Waals surface area (Å²) in [6.07, 6.45) is 3.89. The van der Waals surface area contributed by atoms with E-state index in [4.69, 9.17) is 0 Å². The molecule has 1 fully saturated rings. The predicted molar refractivity (Wildman–Crippen MR) is 93.4 cm³/mol. The lowest BCUT2D eigenvalue weighted by Gasteiger charge is -2.36. The third-order valence-corrected chi connectivity index (χ3v) is 4.90. The second-order valence-corrected chi connectivity index (χ2v) is 6.46. The van der Waals surface area contributed by atoms with Gasteiger partial charge in [0.25, 0.3) is 5.91 Å². The minimum absolute atomic E-state index is 0.0916. The van der Waals surface area contributed by atoms with Crippen molar-refractivity contribution in [2.75, 3.05) is 25.0 Å². The molecule has 2 heterocycles. The van der Waals surface area contributed by atoms with E-state index in [0.717, 1.165) is 30.1 Å². The van der Waals surface area contributed by atoms with E-state index in [1.807, 2.05) is 53.9 Å². The van der Waals surface area contributed by atoms with Gasteiger partial charge >= 0.3 is 0 Å². The second-order valence-electron chi connectivity index (χ2n) is 5.59. The third-order valence-electron chi connectivity index (χ3n) is 4.04. The van der Waals surface area contributed by atoms with E-state index in [2.05, 4.69) is 21.7 Å². The number of carbonyl (C=O) groups excluding carboxylic acids is 1. The van der Waals surface area contributed by atoms with Gasteiger partial charge in [0.2, 0.25) is 0 Å². The number of benzene rings is 1. The Kier molecular flexibility index (Phi) is 4.94. The molecule has 0 spiro atoms. The first-order valence-corrected chi connectivity index (χ1v) is 8.60. The molecule has 1 aromatic carbocycles. The van der Waals surface area contributed by atoms with Crippen molar-refractivity contribution in [3.8, 4) is 11.8 Å². The zero-order chi connectivity index (χ0) is 16.1. The maximum atomic E-state index is 12.3. The van der Waals surface area contributed by atoms with Gasteiger partial charge < -0.3 is 9.80 Å². The van der Waals surface area contributed by atoms with Crippen LogP contribution in [0, 0.1) is 11.8 Å². The zero-order valence-corrected chi connectivity index (χ0v) is 13.9. The standard InChI is InChI=1S/C18H19N3OS/c1-20(18-19-11-13-23-18)16-8-5-12-21(14-16)17(22)10-9-15-6-3-2-4-7-15/h2-4,6-7,11,13,16H,5,8,12,14H2,1H3. The average molecular weight is 325 g/mol. The lowest BCUT2D eigenvalue weighted by molar-refractivity contribution is -0.126. The molecule has 2 aromatic rings. The maximum absolute atomic E-state index is 12.3. The van der Waals surface area contributed by atoms with E-state index >= 15 is 0 Å². The first kappa shape index (κ1) is 15.6. The lowest BCUT2D eigenvalue weighted by atomic mass is 10.0. The van der Waals surface area contributed by atoms with Gasteiger partial charge in [0.1, 0.15) is 0 Å². The number of likely N-dealkylation sites (tertiary alicyclic amines) is 1. The highest BCUT2D eigenvalue weighted by Crippen LogP contribution is 2.23. The second kappa shape index (κ2) is 7.30. The van der Waals surface area contributed by atoms with Crippen LogP contribution in [-0.4, -0.2) is 42.0 Å². The molecule has 1 aliphatic rings. The third kappa shape index (κ3) is 3.91. The van der Waals surface area contributed by atoms with Crippen LogP contribution in [0.4, 0.5) is 5.13 Å². The fraction of sp³-hybridized carbons (Fsp3) is 0.333. The zero-order valence-electron chi connectivity index (χ0n) is 13.1. The molecular weight excluding hydrogens is 306 g/mol. The van der Waals surface area contributed by atoms with Crippen molar-refractivity contribution in [2.45, 2.75) is 18.9 Å². The van der Waals surface area contributed by atoms with Gasteiger partial charge in [-0.05, 0) is 25.0 Å². The fourth-order valence-corrected chi connectivity index (χ4v) is 3.41. The summed E-state index contributed by atoms with van der Waals surface area (Å²) in [6, 6.07) is 9.92. The Bertz CT molecular complexity index is 703. The average Bonchev–Trinajstić information content (AvgIpc) is 3.14. The number of likely N-dealkylation sites (N-methyl/N-ethyl adjacent to an activating group) is 1. The molecule has 0 saturated carbocycles. The molecule has 1 aliphatic heterocycles. The maximum Gasteiger partial charge on any atom is 0.298 e. The van der Waals surface area contributed by atoms with Gasteiger partial charge in [-0.2, -0.15) is 0 Å². The molecule has 118 valence electrons. The Labute approximate surface area is 140 Å². The molecule has 4 nitrogen and oxygen atoms in total. The Hall–Kier alpha value is -2.32. The first-order chi connectivity index (χ1) is 11.2. The normalized spacial score (nSPS) is 17.3. The van der Waals surface area contributed by atoms with Crippen LogP contribution >= 0.6 is 11.3 Å². The highest BCUT2D eigenvalue weighted by Gasteiger charge is 2.26. The number of piperidine rings is 1. The molecule has 0 aliphatic carbocycles. The summed E-state index contributed by atoms with van der Waals surface area (Å²) >= 11 is 1.63. The highest BCUT2D eigenvalue weighted by molar-refractivity contribution is 7.13. The fourth-order valence-electron chi connectivity index (χ4n) is 2.73. The van der Waals surface area contributed by atoms with Gasteiger partial charge in [-0.1, -0.05) is 24.1 Å². The molecule has 1 atom stereocenters. The minimum Gasteiger partial charge on any atom is -0.346 e. The van der Waals surface area contributed by atoms with Crippen LogP contribution in [0.25, 0.3) is 0 Å². The van der Waals surface area contributed by atoms with Crippen molar-refractivity contribution >= 4 is 22.4 Å². The van der Waals surface area contributed by atoms with E-state index in [-0.39, 0.29) is 5.91 Å². The topological polar surface area (TPSA) is 36.4 Å². The van der Waals surface area contributed by atoms with Gasteiger partial charge in [0.15, 0.2) is 5.13 Å². The monoisotopic (exact) mass is 325 g/mol. The van der Waals surface area contributed by atoms with Crippen LogP contribution in [0.1, 0.15) is 18.4 Å². The highest BCUT2D eigenvalue weighted by atomic mass is 32.1. The Morgan fingerprint density at radius 1 is 1.39 bits per heavy atom. The molecular formula is C18H19N3OS. The van der Waals surface area contributed by atoms with Crippen molar-refractivity contribution in [2.24, 2.45) is 0 Å². The summed E-state index contributed by atoms with van der Waals surface area (Å²) in [4.78, 5) is 20.7. The number of hydrogen-bond donors (Lipinski definition) is 0. The number of amides is 1. The van der Waals surface area contributed by atoms with Gasteiger partial charge in [-0.25, -0.2) is 4.98 Å². The Morgan fingerprint density at radius 2 is 2.22 bits per heavy atom. The first-order valence-electron chi connectivity index (χ1n) is 7.72. The number of hydrogen-bond acceptors (Lipinski definition) is 4. The van der Waals surface area contributed by atoms with Gasteiger partial charge in [0, 0.05) is 49.2 Å². The number of thiazole rings is 1. The van der Waals surface area contributed by atoms with Crippen molar-refractivity contribution < 1.29 is 4.79 Å². The smallest absolute Gasteiger partial charge is 0.298 e. The summed E-state index contributed by atoms with van der Waals surface area (Å²) in [5.41, 5.74) is 0.870. The molecule has 0 bridgehead atoms. The molecule has 0 radical (unpaired) electrons. The van der Waals surface area contributed by atoms with E-state index in [1.165, 1.54) is 0 Å². The van der Waals surface area contributed by atoms with Crippen molar-refractivity contribution in [1.82, 2.24) is 9.88 Å². The van der Waals surface area contributed by atoms with Crippen molar-refractivity contribution in [1.29, 1.82) is 0 Å². The van der Waals surface area contributed by atoms with E-state index < -0.39 is 0 Å². The van der Waals surface area contributed by atoms with E-state index in [0.29, 0.717) is 12.6 Å². The summed E-state index contributed by atoms with van der Waals surface area (Å²) in [6.45, 7) is 1.49. The number of anilines is 1. The summed E-state index contributed by atoms with van der Waals surface area (Å²) < 4.78 is 0. The van der Waals surface area contributed by atoms with Crippen molar-refractivity contribution in [3.05, 3.63) is 47.5 Å². The number of nitrogens with zero attached hydrogens (tertiary/aromatic N) is 3. The minimum atomic E-state index is -0.0916. The van der Waals surface area contributed by atoms with Crippen LogP contribution in [0.3, 0.4) is 0 Å². The molecule has 5 heteroatoms. The molecule has 1 aromatic heterocycles. The summed E-state index contributed by atoms with van der Waals surface area (Å²) in [5, 5.41) is 2.97. The van der Waals surface area contributed by atoms with Gasteiger partial charge in [-0.3, -0.25) is 4.79 Å². The SMILES string of the molecule is CN(c1nccs1)C1CCCN(C(=O)C#Cc2ccccc2)C1. The van der Waals surface area contributed by atoms with E-state index in [1.54, 1.807) is 11.3 Å². The van der Waals surface area contributed by atoms with Gasteiger partial charge in [-0.15, -0.1) is 11.3 Å². The largest absolute Gasteiger partial charge is 0.346 e. The molecule has 1 amide bonds. The Morgan fingerprint density at radius 3 is 2.96 bits per heavy atom. The summed E-state index contributed by atoms with van der Waals surface area (Å²) in [5.74, 6) is 5.63. The van der Waals surface area contributed by atoms with Gasteiger partial charge in [0.05, 0.1) is 0 Å². The number of carbonyl (C=O) groups is 1. The molecule has 3 rings (SSSR count). The van der Waals surface area contributed by atoms with E-state index in [9.17, 15) is 4.79 Å². The predicted octanol–water partition coefficient (Wildman–Crippen LogP) is 2.62. The van der Waals surface area contributed by atoms with Crippen LogP contribution in [-0.2, 0) is 4.79 Å². The van der Waals surface area contributed by atoms with Crippen molar-refractivity contribution in [3.63, 3.8) is 0 Å². The number of rotatable bonds is 2. The van der Waals surface area contributed by atoms with Crippen LogP contribution in [0.2, 0.25) is 0 Å². The molecule has 23 heavy (non-hydrogen) atoms.